The highest BCUT2D eigenvalue weighted by molar-refractivity contribution is 5.29. The molecule has 0 spiro atoms. The smallest absolute Gasteiger partial charge is 0.119 e. The van der Waals surface area contributed by atoms with E-state index in [-0.39, 0.29) is 12.1 Å². The van der Waals surface area contributed by atoms with Crippen molar-refractivity contribution >= 4 is 0 Å². The van der Waals surface area contributed by atoms with Crippen LogP contribution in [0.3, 0.4) is 0 Å². The van der Waals surface area contributed by atoms with Gasteiger partial charge in [-0.25, -0.2) is 0 Å². The number of piperidine rings is 1. The van der Waals surface area contributed by atoms with Crippen LogP contribution in [0.2, 0.25) is 0 Å². The van der Waals surface area contributed by atoms with Gasteiger partial charge < -0.3 is 10.5 Å². The van der Waals surface area contributed by atoms with Gasteiger partial charge in [-0.3, -0.25) is 4.90 Å². The summed E-state index contributed by atoms with van der Waals surface area (Å²) in [5, 5.41) is 0. The molecule has 1 aliphatic heterocycles. The lowest BCUT2D eigenvalue weighted by Gasteiger charge is -2.36. The van der Waals surface area contributed by atoms with Gasteiger partial charge in [0.2, 0.25) is 0 Å². The second-order valence-corrected chi connectivity index (χ2v) is 5.72. The van der Waals surface area contributed by atoms with Crippen LogP contribution in [0.25, 0.3) is 0 Å². The molecule has 2 N–H and O–H groups in total. The molecule has 1 aromatic carbocycles. The number of ether oxygens (including phenoxy) is 1. The number of rotatable bonds is 4. The second-order valence-electron chi connectivity index (χ2n) is 5.72. The van der Waals surface area contributed by atoms with Gasteiger partial charge >= 0.3 is 0 Å². The van der Waals surface area contributed by atoms with E-state index in [1.807, 2.05) is 19.1 Å². The molecule has 0 radical (unpaired) electrons. The van der Waals surface area contributed by atoms with Crippen molar-refractivity contribution in [1.82, 2.24) is 4.90 Å². The molecule has 3 unspecified atom stereocenters. The quantitative estimate of drug-likeness (QED) is 0.906. The molecule has 1 aliphatic rings. The highest BCUT2D eigenvalue weighted by Crippen LogP contribution is 2.23. The first-order valence-corrected chi connectivity index (χ1v) is 7.30. The van der Waals surface area contributed by atoms with Crippen molar-refractivity contribution in [1.29, 1.82) is 0 Å². The molecular weight excluding hydrogens is 236 g/mol. The number of benzene rings is 1. The summed E-state index contributed by atoms with van der Waals surface area (Å²) in [6.45, 7) is 5.35. The van der Waals surface area contributed by atoms with Gasteiger partial charge in [-0.15, -0.1) is 0 Å². The number of likely N-dealkylation sites (N-methyl/N-ethyl adjacent to an activating group) is 1. The molecule has 19 heavy (non-hydrogen) atoms. The third-order valence-corrected chi connectivity index (χ3v) is 4.10. The van der Waals surface area contributed by atoms with Crippen LogP contribution in [0.1, 0.15) is 44.7 Å². The van der Waals surface area contributed by atoms with Gasteiger partial charge in [-0.1, -0.05) is 18.6 Å². The number of nitrogens with zero attached hydrogens (tertiary/aromatic N) is 1. The maximum atomic E-state index is 6.08. The average molecular weight is 262 g/mol. The Kier molecular flexibility index (Phi) is 4.83. The second kappa shape index (κ2) is 6.40. The fourth-order valence-corrected chi connectivity index (χ4v) is 2.84. The maximum absolute atomic E-state index is 6.08. The fraction of sp³-hybridized carbons (Fsp3) is 0.625. The minimum absolute atomic E-state index is 0.0796. The van der Waals surface area contributed by atoms with Crippen LogP contribution in [-0.4, -0.2) is 30.6 Å². The summed E-state index contributed by atoms with van der Waals surface area (Å²) in [5.41, 5.74) is 7.00. The lowest BCUT2D eigenvalue weighted by atomic mass is 9.99. The van der Waals surface area contributed by atoms with Crippen molar-refractivity contribution < 1.29 is 4.74 Å². The standard InChI is InChI=1S/C16H26N2O/c1-12(17)14-7-9-15(10-8-14)19-13(2)16-6-4-5-11-18(16)3/h7-10,12-13,16H,4-6,11,17H2,1-3H3. The zero-order chi connectivity index (χ0) is 13.8. The summed E-state index contributed by atoms with van der Waals surface area (Å²) in [6.07, 6.45) is 4.08. The predicted molar refractivity (Wildman–Crippen MR) is 79.4 cm³/mol. The molecule has 1 heterocycles. The van der Waals surface area contributed by atoms with Crippen molar-refractivity contribution in [3.8, 4) is 5.75 Å². The highest BCUT2D eigenvalue weighted by atomic mass is 16.5. The summed E-state index contributed by atoms with van der Waals surface area (Å²) < 4.78 is 6.08. The van der Waals surface area contributed by atoms with Gasteiger partial charge in [0.05, 0.1) is 0 Å². The van der Waals surface area contributed by atoms with Crippen LogP contribution in [0.5, 0.6) is 5.75 Å². The lowest BCUT2D eigenvalue weighted by Crippen LogP contribution is -2.45. The molecule has 3 atom stereocenters. The molecule has 1 saturated heterocycles. The zero-order valence-corrected chi connectivity index (χ0v) is 12.3. The third-order valence-electron chi connectivity index (χ3n) is 4.10. The Hall–Kier alpha value is -1.06. The van der Waals surface area contributed by atoms with Gasteiger partial charge in [0, 0.05) is 12.1 Å². The summed E-state index contributed by atoms with van der Waals surface area (Å²) in [5.74, 6) is 0.941. The van der Waals surface area contributed by atoms with Crippen molar-refractivity contribution in [2.45, 2.75) is 51.3 Å². The molecule has 1 fully saturated rings. The summed E-state index contributed by atoms with van der Waals surface area (Å²) >= 11 is 0. The van der Waals surface area contributed by atoms with E-state index in [4.69, 9.17) is 10.5 Å². The van der Waals surface area contributed by atoms with Crippen LogP contribution < -0.4 is 10.5 Å². The van der Waals surface area contributed by atoms with Crippen molar-refractivity contribution in [2.75, 3.05) is 13.6 Å². The Bertz CT molecular complexity index is 388. The molecule has 1 aromatic rings. The van der Waals surface area contributed by atoms with Gasteiger partial charge in [0.25, 0.3) is 0 Å². The Morgan fingerprint density at radius 3 is 2.47 bits per heavy atom. The molecule has 0 aliphatic carbocycles. The summed E-state index contributed by atoms with van der Waals surface area (Å²) in [7, 11) is 2.20. The normalized spacial score (nSPS) is 23.9. The van der Waals surface area contributed by atoms with E-state index in [1.54, 1.807) is 0 Å². The van der Waals surface area contributed by atoms with Crippen LogP contribution in [-0.2, 0) is 0 Å². The largest absolute Gasteiger partial charge is 0.489 e. The van der Waals surface area contributed by atoms with Crippen molar-refractivity contribution in [3.05, 3.63) is 29.8 Å². The van der Waals surface area contributed by atoms with Crippen LogP contribution in [0.15, 0.2) is 24.3 Å². The van der Waals surface area contributed by atoms with Gasteiger partial charge in [-0.2, -0.15) is 0 Å². The Labute approximate surface area is 116 Å². The molecule has 0 bridgehead atoms. The number of nitrogens with two attached hydrogens (primary N) is 1. The Morgan fingerprint density at radius 1 is 1.21 bits per heavy atom. The molecule has 0 aromatic heterocycles. The zero-order valence-electron chi connectivity index (χ0n) is 12.3. The van der Waals surface area contributed by atoms with E-state index >= 15 is 0 Å². The first-order chi connectivity index (χ1) is 9.08. The van der Waals surface area contributed by atoms with Crippen LogP contribution in [0.4, 0.5) is 0 Å². The highest BCUT2D eigenvalue weighted by Gasteiger charge is 2.25. The van der Waals surface area contributed by atoms with E-state index < -0.39 is 0 Å². The SMILES string of the molecule is CC(N)c1ccc(OC(C)C2CCCCN2C)cc1. The molecule has 0 amide bonds. The number of likely N-dealkylation sites (tertiary alicyclic amines) is 1. The van der Waals surface area contributed by atoms with E-state index in [0.29, 0.717) is 6.04 Å². The lowest BCUT2D eigenvalue weighted by molar-refractivity contribution is 0.0686. The topological polar surface area (TPSA) is 38.5 Å². The van der Waals surface area contributed by atoms with Crippen molar-refractivity contribution in [2.24, 2.45) is 5.73 Å². The van der Waals surface area contributed by atoms with E-state index in [0.717, 1.165) is 11.3 Å². The molecular formula is C16H26N2O. The van der Waals surface area contributed by atoms with Crippen LogP contribution >= 0.6 is 0 Å². The third kappa shape index (κ3) is 3.71. The Balaban J connectivity index is 1.96. The predicted octanol–water partition coefficient (Wildman–Crippen LogP) is 2.96. The first-order valence-electron chi connectivity index (χ1n) is 7.30. The molecule has 2 rings (SSSR count). The molecule has 0 saturated carbocycles. The Morgan fingerprint density at radius 2 is 1.89 bits per heavy atom. The number of hydrogen-bond acceptors (Lipinski definition) is 3. The number of hydrogen-bond donors (Lipinski definition) is 1. The first kappa shape index (κ1) is 14.4. The monoisotopic (exact) mass is 262 g/mol. The molecule has 3 heteroatoms. The minimum Gasteiger partial charge on any atom is -0.489 e. The van der Waals surface area contributed by atoms with E-state index in [1.165, 1.54) is 25.8 Å². The maximum Gasteiger partial charge on any atom is 0.119 e. The van der Waals surface area contributed by atoms with Crippen molar-refractivity contribution in [3.63, 3.8) is 0 Å². The average Bonchev–Trinajstić information content (AvgIpc) is 2.39. The van der Waals surface area contributed by atoms with Gasteiger partial charge in [0.1, 0.15) is 11.9 Å². The van der Waals surface area contributed by atoms with E-state index in [9.17, 15) is 0 Å². The molecule has 3 nitrogen and oxygen atoms in total. The van der Waals surface area contributed by atoms with E-state index in [2.05, 4.69) is 31.0 Å². The minimum atomic E-state index is 0.0796. The van der Waals surface area contributed by atoms with Gasteiger partial charge in [-0.05, 0) is 58.0 Å². The van der Waals surface area contributed by atoms with Crippen LogP contribution in [0, 0.1) is 0 Å². The summed E-state index contributed by atoms with van der Waals surface area (Å²) in [6, 6.07) is 8.77. The molecule has 106 valence electrons. The summed E-state index contributed by atoms with van der Waals surface area (Å²) in [4.78, 5) is 2.42. The van der Waals surface area contributed by atoms with Gasteiger partial charge in [0.15, 0.2) is 0 Å². The fourth-order valence-electron chi connectivity index (χ4n) is 2.84.